The van der Waals surface area contributed by atoms with Crippen molar-refractivity contribution >= 4 is 17.9 Å². The Kier molecular flexibility index (Phi) is 6.77. The zero-order chi connectivity index (χ0) is 16.7. The van der Waals surface area contributed by atoms with Crippen LogP contribution in [0.4, 0.5) is 0 Å². The molecule has 0 saturated heterocycles. The average molecular weight is 332 g/mol. The van der Waals surface area contributed by atoms with E-state index in [1.165, 1.54) is 10.6 Å². The van der Waals surface area contributed by atoms with Crippen molar-refractivity contribution in [3.05, 3.63) is 60.7 Å². The fourth-order valence-corrected chi connectivity index (χ4v) is 9.65. The first-order valence-corrected chi connectivity index (χ1v) is 10.6. The van der Waals surface area contributed by atoms with Gasteiger partial charge in [-0.3, -0.25) is 0 Å². The van der Waals surface area contributed by atoms with Crippen LogP contribution >= 0.6 is 7.26 Å². The first-order chi connectivity index (χ1) is 11.2. The molecule has 2 nitrogen and oxygen atoms in total. The normalized spacial score (nSPS) is 15.1. The summed E-state index contributed by atoms with van der Waals surface area (Å²) >= 11 is 0. The predicted molar refractivity (Wildman–Crippen MR) is 103 cm³/mol. The molecule has 0 spiro atoms. The first kappa shape index (κ1) is 18.1. The maximum absolute atomic E-state index is 6.04. The Bertz CT molecular complexity index is 509. The van der Waals surface area contributed by atoms with E-state index in [1.807, 2.05) is 14.2 Å². The average Bonchev–Trinajstić information content (AvgIpc) is 2.63. The molecule has 126 valence electrons. The van der Waals surface area contributed by atoms with Gasteiger partial charge in [-0.1, -0.05) is 0 Å². The maximum atomic E-state index is 6.04. The van der Waals surface area contributed by atoms with E-state index in [2.05, 4.69) is 74.5 Å². The van der Waals surface area contributed by atoms with Gasteiger partial charge in [0.2, 0.25) is 0 Å². The molecule has 0 aliphatic heterocycles. The molecule has 2 aromatic carbocycles. The van der Waals surface area contributed by atoms with E-state index in [9.17, 15) is 0 Å². The molecule has 23 heavy (non-hydrogen) atoms. The summed E-state index contributed by atoms with van der Waals surface area (Å²) in [7, 11) is 1.42. The Morgan fingerprint density at radius 1 is 0.696 bits per heavy atom. The number of methoxy groups -OCH3 is 2. The molecule has 0 N–H and O–H groups in total. The van der Waals surface area contributed by atoms with Gasteiger partial charge in [-0.15, -0.1) is 0 Å². The molecule has 0 bridgehead atoms. The third-order valence-electron chi connectivity index (χ3n) is 4.83. The van der Waals surface area contributed by atoms with E-state index >= 15 is 0 Å². The van der Waals surface area contributed by atoms with Crippen molar-refractivity contribution in [2.45, 2.75) is 38.4 Å². The zero-order valence-corrected chi connectivity index (χ0v) is 15.7. The van der Waals surface area contributed by atoms with Crippen molar-refractivity contribution in [3.63, 3.8) is 0 Å². The monoisotopic (exact) mass is 332 g/mol. The van der Waals surface area contributed by atoms with Gasteiger partial charge in [-0.05, 0) is 0 Å². The fraction of sp³-hybridized carbons (Fsp3) is 0.400. The van der Waals surface area contributed by atoms with Gasteiger partial charge in [-0.2, -0.15) is 0 Å². The standard InChI is InChI=1S/C20H29O2P/c1-5-19(21-3)23(20(6-2)22-4,17-13-9-7-10-14-17)18-15-11-8-12-16-18/h7-16,19-20,23H,5-6H2,1-4H3. The third kappa shape index (κ3) is 3.35. The van der Waals surface area contributed by atoms with Gasteiger partial charge < -0.3 is 0 Å². The van der Waals surface area contributed by atoms with Crippen LogP contribution in [-0.2, 0) is 9.47 Å². The molecule has 2 aromatic rings. The van der Waals surface area contributed by atoms with E-state index < -0.39 is 7.26 Å². The van der Waals surface area contributed by atoms with Crippen LogP contribution in [0, 0.1) is 0 Å². The van der Waals surface area contributed by atoms with E-state index in [4.69, 9.17) is 9.47 Å². The van der Waals surface area contributed by atoms with Crippen molar-refractivity contribution in [1.82, 2.24) is 0 Å². The molecule has 0 aliphatic rings. The molecule has 2 rings (SSSR count). The number of hydrogen-bond donors (Lipinski definition) is 0. The second-order valence-corrected chi connectivity index (χ2v) is 10.0. The van der Waals surface area contributed by atoms with Crippen molar-refractivity contribution in [1.29, 1.82) is 0 Å². The van der Waals surface area contributed by atoms with Gasteiger partial charge in [0.25, 0.3) is 0 Å². The van der Waals surface area contributed by atoms with Gasteiger partial charge in [0, 0.05) is 0 Å². The van der Waals surface area contributed by atoms with Crippen LogP contribution in [-0.4, -0.2) is 25.9 Å². The summed E-state index contributed by atoms with van der Waals surface area (Å²) < 4.78 is 12.1. The number of rotatable bonds is 8. The van der Waals surface area contributed by atoms with E-state index in [1.54, 1.807) is 0 Å². The molecule has 3 heteroatoms. The van der Waals surface area contributed by atoms with Gasteiger partial charge in [0.05, 0.1) is 0 Å². The van der Waals surface area contributed by atoms with Gasteiger partial charge in [-0.25, -0.2) is 0 Å². The Labute approximate surface area is 141 Å². The summed E-state index contributed by atoms with van der Waals surface area (Å²) in [5.74, 6) is 0.356. The minimum absolute atomic E-state index is 0.178. The fourth-order valence-electron chi connectivity index (χ4n) is 3.89. The molecule has 2 atom stereocenters. The van der Waals surface area contributed by atoms with Crippen LogP contribution in [0.25, 0.3) is 0 Å². The van der Waals surface area contributed by atoms with Crippen LogP contribution in [0.2, 0.25) is 0 Å². The van der Waals surface area contributed by atoms with E-state index in [0.717, 1.165) is 12.8 Å². The molecule has 0 heterocycles. The van der Waals surface area contributed by atoms with E-state index in [-0.39, 0.29) is 11.7 Å². The quantitative estimate of drug-likeness (QED) is 0.676. The van der Waals surface area contributed by atoms with Gasteiger partial charge in [0.15, 0.2) is 0 Å². The Balaban J connectivity index is 2.78. The SMILES string of the molecule is CCC(OC)[PH](c1ccccc1)(c1ccccc1)C(CC)OC. The third-order valence-corrected chi connectivity index (χ3v) is 10.7. The molecule has 0 aromatic heterocycles. The van der Waals surface area contributed by atoms with Gasteiger partial charge >= 0.3 is 141 Å². The van der Waals surface area contributed by atoms with Crippen molar-refractivity contribution in [2.75, 3.05) is 14.2 Å². The van der Waals surface area contributed by atoms with Crippen molar-refractivity contribution in [2.24, 2.45) is 0 Å². The first-order valence-electron chi connectivity index (χ1n) is 8.42. The zero-order valence-electron chi connectivity index (χ0n) is 14.7. The van der Waals surface area contributed by atoms with Crippen LogP contribution in [0.5, 0.6) is 0 Å². The minimum atomic E-state index is -2.25. The summed E-state index contributed by atoms with van der Waals surface area (Å²) in [6.07, 6.45) is 1.96. The van der Waals surface area contributed by atoms with Gasteiger partial charge in [0.1, 0.15) is 0 Å². The summed E-state index contributed by atoms with van der Waals surface area (Å²) in [4.78, 5) is 0. The number of ether oxygens (including phenoxy) is 2. The topological polar surface area (TPSA) is 18.5 Å². The predicted octanol–water partition coefficient (Wildman–Crippen LogP) is 4.15. The Morgan fingerprint density at radius 3 is 1.30 bits per heavy atom. The molecular formula is C20H29O2P. The summed E-state index contributed by atoms with van der Waals surface area (Å²) in [5, 5.41) is 2.77. The van der Waals surface area contributed by atoms with Crippen molar-refractivity contribution in [3.8, 4) is 0 Å². The molecule has 0 amide bonds. The van der Waals surface area contributed by atoms with Crippen LogP contribution in [0.1, 0.15) is 26.7 Å². The molecule has 0 fully saturated rings. The molecule has 2 unspecified atom stereocenters. The van der Waals surface area contributed by atoms with E-state index in [0.29, 0.717) is 0 Å². The van der Waals surface area contributed by atoms with Crippen LogP contribution in [0.3, 0.4) is 0 Å². The summed E-state index contributed by atoms with van der Waals surface area (Å²) in [5.41, 5.74) is 0. The van der Waals surface area contributed by atoms with Crippen molar-refractivity contribution < 1.29 is 9.47 Å². The molecule has 0 saturated carbocycles. The second-order valence-electron chi connectivity index (χ2n) is 5.87. The molecule has 0 radical (unpaired) electrons. The Hall–Kier alpha value is -1.21. The Morgan fingerprint density at radius 2 is 1.04 bits per heavy atom. The summed E-state index contributed by atoms with van der Waals surface area (Å²) in [6, 6.07) is 21.7. The summed E-state index contributed by atoms with van der Waals surface area (Å²) in [6.45, 7) is 4.42. The van der Waals surface area contributed by atoms with Crippen LogP contribution < -0.4 is 10.6 Å². The van der Waals surface area contributed by atoms with Crippen LogP contribution in [0.15, 0.2) is 60.7 Å². The molecular weight excluding hydrogens is 303 g/mol. The number of hydrogen-bond acceptors (Lipinski definition) is 2. The number of benzene rings is 2. The second kappa shape index (κ2) is 8.59. The molecule has 0 aliphatic carbocycles.